The maximum Gasteiger partial charge on any atom is 0.326 e. The molecule has 0 aromatic rings. The number of rotatable bonds is 4. The summed E-state index contributed by atoms with van der Waals surface area (Å²) in [4.78, 5) is 35.4. The zero-order valence-electron chi connectivity index (χ0n) is 9.97. The summed E-state index contributed by atoms with van der Waals surface area (Å²) in [5, 5.41) is 0. The van der Waals surface area contributed by atoms with Gasteiger partial charge in [-0.05, 0) is 19.4 Å². The Balaban J connectivity index is 0.00000256. The first kappa shape index (κ1) is 16.3. The zero-order chi connectivity index (χ0) is 12.1. The average molecular weight is 410 g/mol. The van der Waals surface area contributed by atoms with E-state index in [0.717, 1.165) is 6.42 Å². The van der Waals surface area contributed by atoms with Gasteiger partial charge in [-0.15, -0.1) is 0 Å². The molecule has 1 aliphatic rings. The van der Waals surface area contributed by atoms with Gasteiger partial charge in [-0.3, -0.25) is 16.0 Å². The Morgan fingerprint density at radius 3 is 2.59 bits per heavy atom. The predicted molar refractivity (Wildman–Crippen MR) is 56.3 cm³/mol. The van der Waals surface area contributed by atoms with Crippen molar-refractivity contribution >= 4 is 17.7 Å². The molecule has 1 atom stereocenters. The number of nitrogens with zero attached hydrogens (tertiary/aromatic N) is 1. The SMILES string of the molecule is C[CH-]COC(=O)C1CCCN1C(=O)C(C)=O.[W]. The molecule has 0 aliphatic carbocycles. The maximum atomic E-state index is 11.6. The van der Waals surface area contributed by atoms with Crippen LogP contribution in [-0.2, 0) is 40.2 Å². The first-order chi connectivity index (χ1) is 7.57. The molecular weight excluding hydrogens is 394 g/mol. The Labute approximate surface area is 115 Å². The quantitative estimate of drug-likeness (QED) is 0.381. The molecule has 0 radical (unpaired) electrons. The topological polar surface area (TPSA) is 63.7 Å². The van der Waals surface area contributed by atoms with Crippen LogP contribution in [0.25, 0.3) is 0 Å². The number of hydrogen-bond acceptors (Lipinski definition) is 4. The maximum absolute atomic E-state index is 11.6. The molecule has 1 unspecified atom stereocenters. The molecule has 5 nitrogen and oxygen atoms in total. The van der Waals surface area contributed by atoms with Crippen molar-refractivity contribution in [2.24, 2.45) is 0 Å². The molecule has 1 aliphatic heterocycles. The van der Waals surface area contributed by atoms with Crippen molar-refractivity contribution in [3.8, 4) is 0 Å². The minimum atomic E-state index is -0.597. The summed E-state index contributed by atoms with van der Waals surface area (Å²) in [7, 11) is 0. The molecule has 0 saturated carbocycles. The van der Waals surface area contributed by atoms with E-state index < -0.39 is 23.7 Å². The second-order valence-corrected chi connectivity index (χ2v) is 3.75. The number of Topliss-reactive ketones (excluding diaryl/α,β-unsaturated/α-hetero) is 1. The van der Waals surface area contributed by atoms with Crippen molar-refractivity contribution in [1.29, 1.82) is 0 Å². The molecule has 1 saturated heterocycles. The molecule has 0 aromatic heterocycles. The van der Waals surface area contributed by atoms with Crippen LogP contribution in [0.15, 0.2) is 0 Å². The zero-order valence-corrected chi connectivity index (χ0v) is 12.9. The number of carbonyl (C=O) groups is 3. The van der Waals surface area contributed by atoms with Crippen molar-refractivity contribution < 1.29 is 40.2 Å². The molecule has 1 amide bonds. The van der Waals surface area contributed by atoms with Crippen molar-refractivity contribution in [3.05, 3.63) is 6.42 Å². The predicted octanol–water partition coefficient (Wildman–Crippen LogP) is 0.331. The molecule has 0 aromatic carbocycles. The Bertz CT molecular complexity index is 306. The molecule has 0 N–H and O–H groups in total. The molecule has 0 spiro atoms. The van der Waals surface area contributed by atoms with Crippen molar-refractivity contribution in [3.63, 3.8) is 0 Å². The Hall–Kier alpha value is -0.702. The fourth-order valence-corrected chi connectivity index (χ4v) is 1.72. The number of ketones is 1. The number of esters is 1. The fraction of sp³-hybridized carbons (Fsp3) is 0.636. The first-order valence-electron chi connectivity index (χ1n) is 5.34. The summed E-state index contributed by atoms with van der Waals surface area (Å²) in [6.45, 7) is 3.68. The summed E-state index contributed by atoms with van der Waals surface area (Å²) in [5.41, 5.74) is 0. The average Bonchev–Trinajstić information content (AvgIpc) is 2.73. The molecule has 6 heteroatoms. The van der Waals surface area contributed by atoms with Crippen molar-refractivity contribution in [2.75, 3.05) is 13.2 Å². The third-order valence-electron chi connectivity index (χ3n) is 2.48. The Morgan fingerprint density at radius 1 is 1.41 bits per heavy atom. The van der Waals surface area contributed by atoms with Gasteiger partial charge in [0.15, 0.2) is 0 Å². The smallest absolute Gasteiger partial charge is 0.326 e. The van der Waals surface area contributed by atoms with E-state index in [-0.39, 0.29) is 27.7 Å². The molecule has 1 heterocycles. The van der Waals surface area contributed by atoms with Crippen LogP contribution in [0.5, 0.6) is 0 Å². The van der Waals surface area contributed by atoms with E-state index in [1.165, 1.54) is 11.8 Å². The van der Waals surface area contributed by atoms with Crippen molar-refractivity contribution in [1.82, 2.24) is 4.90 Å². The van der Waals surface area contributed by atoms with Gasteiger partial charge < -0.3 is 9.64 Å². The van der Waals surface area contributed by atoms with Gasteiger partial charge in [0, 0.05) is 34.5 Å². The van der Waals surface area contributed by atoms with Crippen LogP contribution >= 0.6 is 0 Å². The summed E-state index contributed by atoms with van der Waals surface area (Å²) in [6.07, 6.45) is 3.01. The fourth-order valence-electron chi connectivity index (χ4n) is 1.72. The van der Waals surface area contributed by atoms with E-state index in [2.05, 4.69) is 0 Å². The van der Waals surface area contributed by atoms with Crippen LogP contribution in [0.1, 0.15) is 26.7 Å². The van der Waals surface area contributed by atoms with Crippen LogP contribution < -0.4 is 0 Å². The van der Waals surface area contributed by atoms with E-state index in [1.54, 1.807) is 13.3 Å². The van der Waals surface area contributed by atoms with Gasteiger partial charge in [0.1, 0.15) is 6.04 Å². The van der Waals surface area contributed by atoms with E-state index in [0.29, 0.717) is 13.0 Å². The number of amides is 1. The molecular formula is C11H16NO4W-. The molecule has 1 rings (SSSR count). The number of carbonyl (C=O) groups excluding carboxylic acids is 3. The summed E-state index contributed by atoms with van der Waals surface area (Å²) in [6, 6.07) is -0.587. The van der Waals surface area contributed by atoms with Crippen LogP contribution in [0.3, 0.4) is 0 Å². The number of likely N-dealkylation sites (tertiary alicyclic amines) is 1. The van der Waals surface area contributed by atoms with Gasteiger partial charge >= 0.3 is 5.97 Å². The second kappa shape index (κ2) is 7.59. The van der Waals surface area contributed by atoms with Gasteiger partial charge in [0.2, 0.25) is 5.78 Å². The minimum Gasteiger partial charge on any atom is -0.497 e. The van der Waals surface area contributed by atoms with Gasteiger partial charge in [0.05, 0.1) is 0 Å². The first-order valence-corrected chi connectivity index (χ1v) is 5.34. The minimum absolute atomic E-state index is 0. The largest absolute Gasteiger partial charge is 0.497 e. The van der Waals surface area contributed by atoms with Crippen LogP contribution in [0, 0.1) is 6.42 Å². The van der Waals surface area contributed by atoms with E-state index in [1.807, 2.05) is 0 Å². The summed E-state index contributed by atoms with van der Waals surface area (Å²) in [5.74, 6) is -1.56. The van der Waals surface area contributed by atoms with E-state index >= 15 is 0 Å². The Kier molecular flexibility index (Phi) is 7.28. The molecule has 17 heavy (non-hydrogen) atoms. The van der Waals surface area contributed by atoms with E-state index in [4.69, 9.17) is 4.74 Å². The summed E-state index contributed by atoms with van der Waals surface area (Å²) < 4.78 is 4.94. The molecule has 96 valence electrons. The standard InChI is InChI=1S/C11H16NO4.W/c1-3-7-16-11(15)9-5-4-6-12(9)10(14)8(2)13;/h3,9H,4-7H2,1-2H3;/q-1;. The number of ether oxygens (including phenoxy) is 1. The van der Waals surface area contributed by atoms with Gasteiger partial charge in [-0.2, -0.15) is 6.92 Å². The van der Waals surface area contributed by atoms with Gasteiger partial charge in [-0.25, -0.2) is 4.79 Å². The third kappa shape index (κ3) is 4.23. The van der Waals surface area contributed by atoms with Crippen LogP contribution in [-0.4, -0.2) is 41.8 Å². The Morgan fingerprint density at radius 2 is 2.06 bits per heavy atom. The molecule has 0 bridgehead atoms. The summed E-state index contributed by atoms with van der Waals surface area (Å²) >= 11 is 0. The van der Waals surface area contributed by atoms with Gasteiger partial charge in [0.25, 0.3) is 5.91 Å². The second-order valence-electron chi connectivity index (χ2n) is 3.75. The number of hydrogen-bond donors (Lipinski definition) is 0. The molecule has 1 fully saturated rings. The van der Waals surface area contributed by atoms with Crippen LogP contribution in [0.2, 0.25) is 0 Å². The van der Waals surface area contributed by atoms with E-state index in [9.17, 15) is 14.4 Å². The van der Waals surface area contributed by atoms with Crippen molar-refractivity contribution in [2.45, 2.75) is 32.7 Å². The third-order valence-corrected chi connectivity index (χ3v) is 2.48. The normalized spacial score (nSPS) is 18.5. The van der Waals surface area contributed by atoms with Gasteiger partial charge in [-0.1, -0.05) is 0 Å². The van der Waals surface area contributed by atoms with Crippen LogP contribution in [0.4, 0.5) is 0 Å². The monoisotopic (exact) mass is 410 g/mol.